The average Bonchev–Trinajstić information content (AvgIpc) is 1.98. The van der Waals surface area contributed by atoms with E-state index in [1.54, 1.807) is 7.05 Å². The van der Waals surface area contributed by atoms with E-state index in [2.05, 4.69) is 30.2 Å². The molecule has 0 amide bonds. The Kier molecular flexibility index (Phi) is 5.83. The van der Waals surface area contributed by atoms with Gasteiger partial charge in [0.1, 0.15) is 5.84 Å². The third kappa shape index (κ3) is 4.13. The number of nitrogens with one attached hydrogen (secondary N) is 1. The standard InChI is InChI=1S/C8H16N2/c1-4-6-7-8(9-3)10-5-2/h6-7H,4-5H2,1-3H3,(H,9,10)/b7-6-. The molecule has 0 saturated carbocycles. The Morgan fingerprint density at radius 1 is 1.50 bits per heavy atom. The van der Waals surface area contributed by atoms with Gasteiger partial charge in [0.25, 0.3) is 0 Å². The van der Waals surface area contributed by atoms with Gasteiger partial charge < -0.3 is 5.32 Å². The van der Waals surface area contributed by atoms with Gasteiger partial charge in [-0.2, -0.15) is 0 Å². The molecule has 0 aromatic carbocycles. The first-order chi connectivity index (χ1) is 4.85. The molecule has 0 aliphatic rings. The zero-order valence-corrected chi connectivity index (χ0v) is 7.02. The molecular formula is C8H16N2. The first-order valence-electron chi connectivity index (χ1n) is 3.72. The topological polar surface area (TPSA) is 24.4 Å². The first kappa shape index (κ1) is 9.21. The molecule has 0 aromatic rings. The van der Waals surface area contributed by atoms with Crippen LogP contribution in [0.5, 0.6) is 0 Å². The molecule has 10 heavy (non-hydrogen) atoms. The molecule has 0 radical (unpaired) electrons. The summed E-state index contributed by atoms with van der Waals surface area (Å²) in [5.74, 6) is 0.962. The maximum atomic E-state index is 4.03. The molecule has 0 saturated heterocycles. The van der Waals surface area contributed by atoms with Crippen molar-refractivity contribution in [2.75, 3.05) is 13.6 Å². The van der Waals surface area contributed by atoms with Gasteiger partial charge in [0.2, 0.25) is 0 Å². The van der Waals surface area contributed by atoms with Gasteiger partial charge in [-0.3, -0.25) is 4.99 Å². The van der Waals surface area contributed by atoms with Crippen molar-refractivity contribution >= 4 is 5.84 Å². The summed E-state index contributed by atoms with van der Waals surface area (Å²) in [6.45, 7) is 5.10. The van der Waals surface area contributed by atoms with E-state index in [9.17, 15) is 0 Å². The minimum atomic E-state index is 0.931. The van der Waals surface area contributed by atoms with E-state index in [1.165, 1.54) is 0 Å². The number of amidine groups is 1. The highest BCUT2D eigenvalue weighted by atomic mass is 15.0. The van der Waals surface area contributed by atoms with Crippen molar-refractivity contribution < 1.29 is 0 Å². The third-order valence-corrected chi connectivity index (χ3v) is 1.11. The fourth-order valence-electron chi connectivity index (χ4n) is 0.623. The van der Waals surface area contributed by atoms with Gasteiger partial charge in [-0.05, 0) is 19.4 Å². The molecule has 2 heteroatoms. The molecule has 0 atom stereocenters. The van der Waals surface area contributed by atoms with Crippen LogP contribution >= 0.6 is 0 Å². The van der Waals surface area contributed by atoms with Crippen molar-refractivity contribution in [1.29, 1.82) is 0 Å². The summed E-state index contributed by atoms with van der Waals surface area (Å²) < 4.78 is 0. The van der Waals surface area contributed by atoms with Crippen molar-refractivity contribution in [2.45, 2.75) is 20.3 Å². The Hall–Kier alpha value is -0.790. The predicted octanol–water partition coefficient (Wildman–Crippen LogP) is 1.59. The van der Waals surface area contributed by atoms with Crippen molar-refractivity contribution in [3.05, 3.63) is 12.2 Å². The fraction of sp³-hybridized carbons (Fsp3) is 0.625. The van der Waals surface area contributed by atoms with Crippen molar-refractivity contribution in [3.8, 4) is 0 Å². The molecule has 0 fully saturated rings. The number of hydrogen-bond donors (Lipinski definition) is 1. The van der Waals surface area contributed by atoms with Crippen LogP contribution < -0.4 is 5.32 Å². The number of allylic oxidation sites excluding steroid dienone is 1. The number of hydrogen-bond acceptors (Lipinski definition) is 1. The molecule has 0 bridgehead atoms. The molecule has 0 heterocycles. The summed E-state index contributed by atoms with van der Waals surface area (Å²) in [5, 5.41) is 3.13. The summed E-state index contributed by atoms with van der Waals surface area (Å²) in [5.41, 5.74) is 0. The van der Waals surface area contributed by atoms with E-state index in [4.69, 9.17) is 0 Å². The molecule has 0 rings (SSSR count). The average molecular weight is 140 g/mol. The second-order valence-electron chi connectivity index (χ2n) is 1.95. The van der Waals surface area contributed by atoms with E-state index >= 15 is 0 Å². The van der Waals surface area contributed by atoms with Crippen LogP contribution in [0.4, 0.5) is 0 Å². The van der Waals surface area contributed by atoms with Crippen LogP contribution in [0.15, 0.2) is 17.1 Å². The first-order valence-corrected chi connectivity index (χ1v) is 3.72. The SMILES string of the molecule is CC/C=C\C(=NC)NCC. The van der Waals surface area contributed by atoms with E-state index in [0.717, 1.165) is 18.8 Å². The molecule has 0 aliphatic carbocycles. The molecular weight excluding hydrogens is 124 g/mol. The Labute approximate surface area is 63.0 Å². The van der Waals surface area contributed by atoms with Gasteiger partial charge in [0, 0.05) is 13.6 Å². The van der Waals surface area contributed by atoms with Gasteiger partial charge in [-0.1, -0.05) is 13.0 Å². The molecule has 0 aromatic heterocycles. The number of rotatable bonds is 3. The van der Waals surface area contributed by atoms with Crippen LogP contribution in [0, 0.1) is 0 Å². The summed E-state index contributed by atoms with van der Waals surface area (Å²) in [6.07, 6.45) is 5.15. The fourth-order valence-corrected chi connectivity index (χ4v) is 0.623. The van der Waals surface area contributed by atoms with Crippen molar-refractivity contribution in [1.82, 2.24) is 5.32 Å². The van der Waals surface area contributed by atoms with E-state index in [1.807, 2.05) is 6.08 Å². The lowest BCUT2D eigenvalue weighted by molar-refractivity contribution is 0.966. The normalized spacial score (nSPS) is 12.5. The molecule has 0 spiro atoms. The lowest BCUT2D eigenvalue weighted by atomic mass is 10.4. The molecule has 58 valence electrons. The van der Waals surface area contributed by atoms with Gasteiger partial charge >= 0.3 is 0 Å². The highest BCUT2D eigenvalue weighted by molar-refractivity contribution is 5.92. The van der Waals surface area contributed by atoms with Crippen LogP contribution in [-0.4, -0.2) is 19.4 Å². The second kappa shape index (κ2) is 6.33. The Bertz CT molecular complexity index is 125. The molecule has 0 aliphatic heterocycles. The predicted molar refractivity (Wildman–Crippen MR) is 46.5 cm³/mol. The number of likely N-dealkylation sites (N-methyl/N-ethyl adjacent to an activating group) is 1. The number of aliphatic imine (C=N–C) groups is 1. The number of nitrogens with zero attached hydrogens (tertiary/aromatic N) is 1. The molecule has 0 unspecified atom stereocenters. The van der Waals surface area contributed by atoms with Crippen molar-refractivity contribution in [3.63, 3.8) is 0 Å². The van der Waals surface area contributed by atoms with Gasteiger partial charge in [0.05, 0.1) is 0 Å². The lowest BCUT2D eigenvalue weighted by Crippen LogP contribution is -2.20. The van der Waals surface area contributed by atoms with Crippen LogP contribution in [0.25, 0.3) is 0 Å². The van der Waals surface area contributed by atoms with Gasteiger partial charge in [0.15, 0.2) is 0 Å². The second-order valence-corrected chi connectivity index (χ2v) is 1.95. The van der Waals surface area contributed by atoms with Crippen LogP contribution in [0.3, 0.4) is 0 Å². The van der Waals surface area contributed by atoms with E-state index < -0.39 is 0 Å². The highest BCUT2D eigenvalue weighted by Crippen LogP contribution is 1.81. The van der Waals surface area contributed by atoms with Crippen LogP contribution in [0.2, 0.25) is 0 Å². The van der Waals surface area contributed by atoms with Crippen LogP contribution in [-0.2, 0) is 0 Å². The Balaban J connectivity index is 3.72. The van der Waals surface area contributed by atoms with E-state index in [-0.39, 0.29) is 0 Å². The van der Waals surface area contributed by atoms with E-state index in [0.29, 0.717) is 0 Å². The van der Waals surface area contributed by atoms with Crippen LogP contribution in [0.1, 0.15) is 20.3 Å². The minimum Gasteiger partial charge on any atom is -0.371 e. The molecule has 1 N–H and O–H groups in total. The Morgan fingerprint density at radius 2 is 2.20 bits per heavy atom. The zero-order valence-electron chi connectivity index (χ0n) is 7.02. The lowest BCUT2D eigenvalue weighted by Gasteiger charge is -1.99. The maximum Gasteiger partial charge on any atom is 0.120 e. The minimum absolute atomic E-state index is 0.931. The maximum absolute atomic E-state index is 4.03. The summed E-state index contributed by atoms with van der Waals surface area (Å²) in [4.78, 5) is 4.03. The Morgan fingerprint density at radius 3 is 2.60 bits per heavy atom. The largest absolute Gasteiger partial charge is 0.371 e. The summed E-state index contributed by atoms with van der Waals surface area (Å²) in [7, 11) is 1.79. The van der Waals surface area contributed by atoms with Crippen molar-refractivity contribution in [2.24, 2.45) is 4.99 Å². The monoisotopic (exact) mass is 140 g/mol. The summed E-state index contributed by atoms with van der Waals surface area (Å²) in [6, 6.07) is 0. The van der Waals surface area contributed by atoms with Gasteiger partial charge in [-0.25, -0.2) is 0 Å². The quantitative estimate of drug-likeness (QED) is 0.467. The molecule has 2 nitrogen and oxygen atoms in total. The summed E-state index contributed by atoms with van der Waals surface area (Å²) >= 11 is 0. The smallest absolute Gasteiger partial charge is 0.120 e. The zero-order chi connectivity index (χ0) is 7.82. The third-order valence-electron chi connectivity index (χ3n) is 1.11. The highest BCUT2D eigenvalue weighted by Gasteiger charge is 1.84. The van der Waals surface area contributed by atoms with Gasteiger partial charge in [-0.15, -0.1) is 0 Å².